The molecule has 0 aliphatic carbocycles. The first-order chi connectivity index (χ1) is 15.1. The summed E-state index contributed by atoms with van der Waals surface area (Å²) in [6, 6.07) is 9.11. The van der Waals surface area contributed by atoms with Crippen LogP contribution in [0.1, 0.15) is 37.8 Å². The van der Waals surface area contributed by atoms with Gasteiger partial charge in [-0.25, -0.2) is 9.18 Å². The number of urea groups is 1. The van der Waals surface area contributed by atoms with Crippen molar-refractivity contribution in [2.75, 3.05) is 19.8 Å². The summed E-state index contributed by atoms with van der Waals surface area (Å²) in [6.45, 7) is 5.43. The van der Waals surface area contributed by atoms with E-state index in [1.807, 2.05) is 31.4 Å². The van der Waals surface area contributed by atoms with E-state index >= 15 is 0 Å². The molecule has 1 unspecified atom stereocenters. The van der Waals surface area contributed by atoms with Gasteiger partial charge < -0.3 is 14.6 Å². The van der Waals surface area contributed by atoms with Crippen molar-refractivity contribution in [2.24, 2.45) is 0 Å². The van der Waals surface area contributed by atoms with E-state index in [9.17, 15) is 9.18 Å². The summed E-state index contributed by atoms with van der Waals surface area (Å²) in [5.41, 5.74) is 1.94. The minimum absolute atomic E-state index is 0.259. The number of rotatable bonds is 8. The van der Waals surface area contributed by atoms with Crippen molar-refractivity contribution < 1.29 is 18.4 Å². The van der Waals surface area contributed by atoms with Gasteiger partial charge in [-0.2, -0.15) is 4.98 Å². The number of allylic oxidation sites excluding steroid dienone is 1. The molecule has 1 aliphatic heterocycles. The molecule has 0 spiro atoms. The quantitative estimate of drug-likeness (QED) is 0.504. The van der Waals surface area contributed by atoms with Crippen LogP contribution in [-0.2, 0) is 4.74 Å². The van der Waals surface area contributed by atoms with Crippen LogP contribution in [0.3, 0.4) is 0 Å². The molecule has 162 valence electrons. The molecule has 2 aromatic heterocycles. The number of amides is 2. The smallest absolute Gasteiger partial charge is 0.322 e. The van der Waals surface area contributed by atoms with Gasteiger partial charge in [-0.1, -0.05) is 23.4 Å². The van der Waals surface area contributed by atoms with Crippen molar-refractivity contribution in [2.45, 2.75) is 26.3 Å². The van der Waals surface area contributed by atoms with E-state index in [1.165, 1.54) is 23.5 Å². The Morgan fingerprint density at radius 3 is 2.94 bits per heavy atom. The lowest BCUT2D eigenvalue weighted by Gasteiger charge is -2.35. The monoisotopic (exact) mass is 442 g/mol. The van der Waals surface area contributed by atoms with Gasteiger partial charge in [-0.15, -0.1) is 11.3 Å². The molecule has 3 heterocycles. The number of carbonyl (C=O) groups is 1. The average Bonchev–Trinajstić information content (AvgIpc) is 3.44. The summed E-state index contributed by atoms with van der Waals surface area (Å²) in [7, 11) is 0. The van der Waals surface area contributed by atoms with Crippen LogP contribution in [0, 0.1) is 5.82 Å². The molecule has 1 atom stereocenters. The van der Waals surface area contributed by atoms with Crippen LogP contribution in [0.4, 0.5) is 9.18 Å². The van der Waals surface area contributed by atoms with Crippen molar-refractivity contribution in [3.05, 3.63) is 64.7 Å². The number of benzene rings is 1. The van der Waals surface area contributed by atoms with Crippen molar-refractivity contribution in [3.63, 3.8) is 0 Å². The highest BCUT2D eigenvalue weighted by atomic mass is 32.1. The van der Waals surface area contributed by atoms with Gasteiger partial charge in [0.1, 0.15) is 5.82 Å². The normalized spacial score (nSPS) is 16.7. The maximum atomic E-state index is 13.9. The Hall–Kier alpha value is -3.04. The molecular weight excluding hydrogens is 419 g/mol. The van der Waals surface area contributed by atoms with Gasteiger partial charge in [-0.3, -0.25) is 4.90 Å². The zero-order valence-corrected chi connectivity index (χ0v) is 18.1. The summed E-state index contributed by atoms with van der Waals surface area (Å²) >= 11 is 1.51. The number of hydrogen-bond donors (Lipinski definition) is 1. The standard InChI is InChI=1S/C22H23FN4O3S/c1-3-29-11-6-10-27-14(2)18(21-25-20(26-30-21)17-9-5-12-31-17)19(24-22(27)28)15-7-4-8-16(23)13-15/h4-5,7-9,12-13,19H,3,6,10-11H2,1-2H3,(H,24,28). The van der Waals surface area contributed by atoms with Crippen LogP contribution in [0.5, 0.6) is 0 Å². The van der Waals surface area contributed by atoms with Gasteiger partial charge in [-0.05, 0) is 49.4 Å². The van der Waals surface area contributed by atoms with Crippen molar-refractivity contribution in [1.82, 2.24) is 20.4 Å². The molecule has 0 bridgehead atoms. The summed E-state index contributed by atoms with van der Waals surface area (Å²) in [6.07, 6.45) is 0.681. The number of nitrogens with zero attached hydrogens (tertiary/aromatic N) is 3. The SMILES string of the molecule is CCOCCCN1C(=O)NC(c2cccc(F)c2)C(c2nc(-c3cccs3)no2)=C1C. The van der Waals surface area contributed by atoms with Crippen LogP contribution in [0.15, 0.2) is 52.0 Å². The van der Waals surface area contributed by atoms with Crippen molar-refractivity contribution in [3.8, 4) is 10.7 Å². The fourth-order valence-corrected chi connectivity index (χ4v) is 4.22. The predicted octanol–water partition coefficient (Wildman–Crippen LogP) is 4.86. The van der Waals surface area contributed by atoms with E-state index in [0.29, 0.717) is 54.7 Å². The molecule has 4 rings (SSSR count). The molecule has 7 nitrogen and oxygen atoms in total. The highest BCUT2D eigenvalue weighted by Crippen LogP contribution is 2.37. The Bertz CT molecular complexity index is 1080. The van der Waals surface area contributed by atoms with Crippen LogP contribution >= 0.6 is 11.3 Å². The maximum absolute atomic E-state index is 13.9. The Labute approximate surface area is 183 Å². The van der Waals surface area contributed by atoms with E-state index in [-0.39, 0.29) is 11.8 Å². The van der Waals surface area contributed by atoms with E-state index in [1.54, 1.807) is 17.0 Å². The zero-order valence-electron chi connectivity index (χ0n) is 17.3. The number of aromatic nitrogens is 2. The third kappa shape index (κ3) is 4.52. The molecule has 1 aliphatic rings. The van der Waals surface area contributed by atoms with Crippen LogP contribution < -0.4 is 5.32 Å². The fourth-order valence-electron chi connectivity index (χ4n) is 3.57. The van der Waals surface area contributed by atoms with Gasteiger partial charge >= 0.3 is 6.03 Å². The molecule has 9 heteroatoms. The molecule has 0 fully saturated rings. The average molecular weight is 443 g/mol. The van der Waals surface area contributed by atoms with Gasteiger partial charge in [0.25, 0.3) is 5.89 Å². The third-order valence-corrected chi connectivity index (χ3v) is 5.92. The topological polar surface area (TPSA) is 80.5 Å². The first kappa shape index (κ1) is 21.2. The summed E-state index contributed by atoms with van der Waals surface area (Å²) in [5.74, 6) is 0.390. The van der Waals surface area contributed by atoms with Crippen LogP contribution in [-0.4, -0.2) is 40.8 Å². The maximum Gasteiger partial charge on any atom is 0.322 e. The molecule has 31 heavy (non-hydrogen) atoms. The highest BCUT2D eigenvalue weighted by molar-refractivity contribution is 7.13. The molecule has 0 saturated heterocycles. The number of nitrogens with one attached hydrogen (secondary N) is 1. The lowest BCUT2D eigenvalue weighted by Crippen LogP contribution is -2.46. The van der Waals surface area contributed by atoms with Gasteiger partial charge in [0.05, 0.1) is 16.5 Å². The molecule has 0 saturated carbocycles. The highest BCUT2D eigenvalue weighted by Gasteiger charge is 2.35. The zero-order chi connectivity index (χ0) is 21.8. The van der Waals surface area contributed by atoms with Gasteiger partial charge in [0.15, 0.2) is 0 Å². The minimum Gasteiger partial charge on any atom is -0.382 e. The molecule has 2 amide bonds. The number of hydrogen-bond acceptors (Lipinski definition) is 6. The lowest BCUT2D eigenvalue weighted by molar-refractivity contribution is 0.136. The second-order valence-electron chi connectivity index (χ2n) is 7.04. The Morgan fingerprint density at radius 2 is 2.19 bits per heavy atom. The Balaban J connectivity index is 1.73. The van der Waals surface area contributed by atoms with E-state index in [4.69, 9.17) is 9.26 Å². The summed E-state index contributed by atoms with van der Waals surface area (Å²) < 4.78 is 24.9. The molecule has 1 N–H and O–H groups in total. The molecule has 0 radical (unpaired) electrons. The molecule has 3 aromatic rings. The third-order valence-electron chi connectivity index (χ3n) is 5.05. The molecule has 1 aromatic carbocycles. The van der Waals surface area contributed by atoms with Crippen molar-refractivity contribution in [1.29, 1.82) is 0 Å². The summed E-state index contributed by atoms with van der Waals surface area (Å²) in [4.78, 5) is 20.0. The predicted molar refractivity (Wildman–Crippen MR) is 116 cm³/mol. The van der Waals surface area contributed by atoms with Gasteiger partial charge in [0.2, 0.25) is 5.82 Å². The first-order valence-electron chi connectivity index (χ1n) is 10.1. The van der Waals surface area contributed by atoms with E-state index in [0.717, 1.165) is 4.88 Å². The largest absolute Gasteiger partial charge is 0.382 e. The second kappa shape index (κ2) is 9.40. The van der Waals surface area contributed by atoms with Crippen LogP contribution in [0.25, 0.3) is 16.3 Å². The fraction of sp³-hybridized carbons (Fsp3) is 0.318. The Morgan fingerprint density at radius 1 is 1.32 bits per heavy atom. The number of ether oxygens (including phenoxy) is 1. The lowest BCUT2D eigenvalue weighted by atomic mass is 9.94. The molecular formula is C22H23FN4O3S. The number of halogens is 1. The summed E-state index contributed by atoms with van der Waals surface area (Å²) in [5, 5.41) is 9.02. The number of carbonyl (C=O) groups excluding carboxylic acids is 1. The van der Waals surface area contributed by atoms with E-state index in [2.05, 4.69) is 15.5 Å². The van der Waals surface area contributed by atoms with Crippen LogP contribution in [0.2, 0.25) is 0 Å². The first-order valence-corrected chi connectivity index (χ1v) is 11.0. The Kier molecular flexibility index (Phi) is 6.43. The van der Waals surface area contributed by atoms with E-state index < -0.39 is 6.04 Å². The number of thiophene rings is 1. The van der Waals surface area contributed by atoms with Crippen molar-refractivity contribution >= 4 is 22.9 Å². The minimum atomic E-state index is -0.608. The van der Waals surface area contributed by atoms with Gasteiger partial charge in [0, 0.05) is 25.5 Å². The second-order valence-corrected chi connectivity index (χ2v) is 7.99.